The van der Waals surface area contributed by atoms with Gasteiger partial charge >= 0.3 is 6.18 Å². The molecule has 3 rings (SSSR count). The molecule has 1 heterocycles. The van der Waals surface area contributed by atoms with Gasteiger partial charge in [0.05, 0.1) is 0 Å². The molecule has 1 saturated carbocycles. The molecule has 3 nitrogen and oxygen atoms in total. The lowest BCUT2D eigenvalue weighted by Gasteiger charge is -2.21. The first-order chi connectivity index (χ1) is 12.3. The maximum atomic E-state index is 12.6. The molecule has 26 heavy (non-hydrogen) atoms. The molecule has 0 radical (unpaired) electrons. The summed E-state index contributed by atoms with van der Waals surface area (Å²) in [5.74, 6) is -0.123. The first kappa shape index (κ1) is 19.1. The molecule has 7 heteroatoms. The lowest BCUT2D eigenvalue weighted by molar-refractivity contribution is -0.138. The predicted octanol–water partition coefficient (Wildman–Crippen LogP) is 5.63. The molecular weight excluding hydrogens is 363 g/mol. The number of halogens is 3. The average Bonchev–Trinajstić information content (AvgIpc) is 2.97. The highest BCUT2D eigenvalue weighted by Crippen LogP contribution is 2.35. The van der Waals surface area contributed by atoms with Crippen LogP contribution in [0.5, 0.6) is 0 Å². The number of para-hydroxylation sites is 1. The second-order valence-electron chi connectivity index (χ2n) is 6.75. The molecule has 2 aromatic rings. The third-order valence-electron chi connectivity index (χ3n) is 4.67. The van der Waals surface area contributed by atoms with Crippen LogP contribution < -0.4 is 0 Å². The Morgan fingerprint density at radius 2 is 1.92 bits per heavy atom. The van der Waals surface area contributed by atoms with Crippen LogP contribution in [0.3, 0.4) is 0 Å². The van der Waals surface area contributed by atoms with Crippen LogP contribution in [0.4, 0.5) is 13.2 Å². The van der Waals surface area contributed by atoms with E-state index in [0.717, 1.165) is 25.3 Å². The zero-order chi connectivity index (χ0) is 18.7. The monoisotopic (exact) mass is 385 g/mol. The van der Waals surface area contributed by atoms with Crippen molar-refractivity contribution in [1.29, 1.82) is 0 Å². The number of rotatable bonds is 5. The van der Waals surface area contributed by atoms with Gasteiger partial charge in [-0.15, -0.1) is 0 Å². The molecule has 1 aliphatic carbocycles. The summed E-state index contributed by atoms with van der Waals surface area (Å²) >= 11 is 1.77. The van der Waals surface area contributed by atoms with Crippen molar-refractivity contribution in [2.75, 3.05) is 13.6 Å². The number of benzene rings is 1. The van der Waals surface area contributed by atoms with Gasteiger partial charge < -0.3 is 9.32 Å². The van der Waals surface area contributed by atoms with Crippen molar-refractivity contribution in [2.45, 2.75) is 49.3 Å². The third kappa shape index (κ3) is 4.55. The standard InChI is InChI=1S/C19H22F3NO2S/c1-23(12-19(20,21)22)18(24)17-15(11-26-13-7-3-2-4-8-13)14-9-5-6-10-16(14)25-17/h5-6,9-10,13H,2-4,7-8,11-12H2,1H3. The zero-order valence-corrected chi connectivity index (χ0v) is 15.5. The molecule has 0 atom stereocenters. The smallest absolute Gasteiger partial charge is 0.406 e. The van der Waals surface area contributed by atoms with Crippen molar-refractivity contribution >= 4 is 28.6 Å². The summed E-state index contributed by atoms with van der Waals surface area (Å²) in [5, 5.41) is 1.34. The van der Waals surface area contributed by atoms with E-state index < -0.39 is 18.6 Å². The van der Waals surface area contributed by atoms with Crippen molar-refractivity contribution in [1.82, 2.24) is 4.90 Å². The average molecular weight is 385 g/mol. The number of nitrogens with zero attached hydrogens (tertiary/aromatic N) is 1. The van der Waals surface area contributed by atoms with Gasteiger partial charge in [0.1, 0.15) is 12.1 Å². The van der Waals surface area contributed by atoms with Crippen LogP contribution in [-0.2, 0) is 5.75 Å². The molecule has 142 valence electrons. The van der Waals surface area contributed by atoms with Crippen LogP contribution >= 0.6 is 11.8 Å². The number of alkyl halides is 3. The molecule has 1 aromatic carbocycles. The van der Waals surface area contributed by atoms with Gasteiger partial charge in [0.25, 0.3) is 5.91 Å². The van der Waals surface area contributed by atoms with Crippen LogP contribution in [0, 0.1) is 0 Å². The SMILES string of the molecule is CN(CC(F)(F)F)C(=O)c1oc2ccccc2c1CSC1CCCCC1. The first-order valence-electron chi connectivity index (χ1n) is 8.79. The number of hydrogen-bond donors (Lipinski definition) is 0. The van der Waals surface area contributed by atoms with Gasteiger partial charge in [-0.1, -0.05) is 37.5 Å². The number of carbonyl (C=O) groups excluding carboxylic acids is 1. The summed E-state index contributed by atoms with van der Waals surface area (Å²) in [6.07, 6.45) is 1.55. The second kappa shape index (κ2) is 7.94. The number of furan rings is 1. The highest BCUT2D eigenvalue weighted by atomic mass is 32.2. The zero-order valence-electron chi connectivity index (χ0n) is 14.6. The highest BCUT2D eigenvalue weighted by molar-refractivity contribution is 7.99. The summed E-state index contributed by atoms with van der Waals surface area (Å²) < 4.78 is 43.6. The lowest BCUT2D eigenvalue weighted by Crippen LogP contribution is -2.36. The molecule has 0 unspecified atom stereocenters. The third-order valence-corrected chi connectivity index (χ3v) is 6.07. The maximum absolute atomic E-state index is 12.6. The van der Waals surface area contributed by atoms with Gasteiger partial charge in [0.2, 0.25) is 0 Å². The van der Waals surface area contributed by atoms with E-state index in [-0.39, 0.29) is 5.76 Å². The Morgan fingerprint density at radius 3 is 2.62 bits per heavy atom. The number of amides is 1. The summed E-state index contributed by atoms with van der Waals surface area (Å²) in [7, 11) is 1.15. The quantitative estimate of drug-likeness (QED) is 0.668. The van der Waals surface area contributed by atoms with E-state index in [4.69, 9.17) is 4.42 Å². The van der Waals surface area contributed by atoms with Crippen molar-refractivity contribution in [2.24, 2.45) is 0 Å². The fourth-order valence-corrected chi connectivity index (χ4v) is 4.72. The van der Waals surface area contributed by atoms with Crippen LogP contribution in [0.25, 0.3) is 11.0 Å². The minimum Gasteiger partial charge on any atom is -0.451 e. The van der Waals surface area contributed by atoms with E-state index in [2.05, 4.69) is 0 Å². The van der Waals surface area contributed by atoms with E-state index in [9.17, 15) is 18.0 Å². The van der Waals surface area contributed by atoms with E-state index in [0.29, 0.717) is 27.0 Å². The predicted molar refractivity (Wildman–Crippen MR) is 97.4 cm³/mol. The Morgan fingerprint density at radius 1 is 1.23 bits per heavy atom. The largest absolute Gasteiger partial charge is 0.451 e. The molecule has 1 aromatic heterocycles. The maximum Gasteiger partial charge on any atom is 0.406 e. The molecule has 1 fully saturated rings. The Hall–Kier alpha value is -1.63. The Labute approximate surface area is 154 Å². The van der Waals surface area contributed by atoms with E-state index in [1.165, 1.54) is 19.3 Å². The van der Waals surface area contributed by atoms with Crippen LogP contribution in [0.1, 0.15) is 48.2 Å². The van der Waals surface area contributed by atoms with Crippen molar-refractivity contribution < 1.29 is 22.4 Å². The fourth-order valence-electron chi connectivity index (χ4n) is 3.36. The summed E-state index contributed by atoms with van der Waals surface area (Å²) in [6, 6.07) is 7.23. The van der Waals surface area contributed by atoms with Crippen LogP contribution in [0.2, 0.25) is 0 Å². The fraction of sp³-hybridized carbons (Fsp3) is 0.526. The van der Waals surface area contributed by atoms with E-state index in [1.54, 1.807) is 23.9 Å². The van der Waals surface area contributed by atoms with Crippen molar-refractivity contribution in [3.05, 3.63) is 35.6 Å². The molecule has 0 aliphatic heterocycles. The van der Waals surface area contributed by atoms with Gasteiger partial charge in [0, 0.05) is 29.0 Å². The van der Waals surface area contributed by atoms with Crippen LogP contribution in [0.15, 0.2) is 28.7 Å². The first-order valence-corrected chi connectivity index (χ1v) is 9.84. The normalized spacial score (nSPS) is 16.2. The topological polar surface area (TPSA) is 33.5 Å². The van der Waals surface area contributed by atoms with E-state index in [1.807, 2.05) is 12.1 Å². The molecule has 0 saturated heterocycles. The van der Waals surface area contributed by atoms with Gasteiger partial charge in [0.15, 0.2) is 5.76 Å². The molecule has 1 amide bonds. The molecule has 0 spiro atoms. The minimum atomic E-state index is -4.44. The van der Waals surface area contributed by atoms with E-state index >= 15 is 0 Å². The summed E-state index contributed by atoms with van der Waals surface area (Å²) in [4.78, 5) is 13.3. The number of thioether (sulfide) groups is 1. The van der Waals surface area contributed by atoms with Crippen LogP contribution in [-0.4, -0.2) is 35.8 Å². The number of hydrogen-bond acceptors (Lipinski definition) is 3. The Kier molecular flexibility index (Phi) is 5.85. The van der Waals surface area contributed by atoms with Crippen molar-refractivity contribution in [3.8, 4) is 0 Å². The minimum absolute atomic E-state index is 0.0289. The van der Waals surface area contributed by atoms with Gasteiger partial charge in [-0.2, -0.15) is 24.9 Å². The molecular formula is C19H22F3NO2S. The van der Waals surface area contributed by atoms with Gasteiger partial charge in [-0.3, -0.25) is 4.79 Å². The second-order valence-corrected chi connectivity index (χ2v) is 8.04. The van der Waals surface area contributed by atoms with Gasteiger partial charge in [-0.05, 0) is 18.9 Å². The van der Waals surface area contributed by atoms with Crippen molar-refractivity contribution in [3.63, 3.8) is 0 Å². The highest BCUT2D eigenvalue weighted by Gasteiger charge is 2.33. The summed E-state index contributed by atoms with van der Waals surface area (Å²) in [5.41, 5.74) is 1.24. The molecule has 0 bridgehead atoms. The Bertz CT molecular complexity index is 766. The number of carbonyl (C=O) groups is 1. The number of fused-ring (bicyclic) bond motifs is 1. The Balaban J connectivity index is 1.85. The molecule has 0 N–H and O–H groups in total. The molecule has 1 aliphatic rings. The lowest BCUT2D eigenvalue weighted by atomic mass is 10.0. The van der Waals surface area contributed by atoms with Gasteiger partial charge in [-0.25, -0.2) is 0 Å². The summed E-state index contributed by atoms with van der Waals surface area (Å²) in [6.45, 7) is -1.29.